The van der Waals surface area contributed by atoms with Crippen molar-refractivity contribution in [2.75, 3.05) is 17.7 Å². The van der Waals surface area contributed by atoms with Gasteiger partial charge in [0.2, 0.25) is 0 Å². The lowest BCUT2D eigenvalue weighted by atomic mass is 10.2. The van der Waals surface area contributed by atoms with Gasteiger partial charge in [-0.25, -0.2) is 4.98 Å². The number of nitriles is 1. The van der Waals surface area contributed by atoms with E-state index < -0.39 is 0 Å². The lowest BCUT2D eigenvalue weighted by Gasteiger charge is -2.18. The van der Waals surface area contributed by atoms with Gasteiger partial charge in [-0.05, 0) is 30.3 Å². The van der Waals surface area contributed by atoms with Gasteiger partial charge in [-0.3, -0.25) is 4.79 Å². The average Bonchev–Trinajstić information content (AvgIpc) is 2.48. The Balaban J connectivity index is 2.32. The highest BCUT2D eigenvalue weighted by Gasteiger charge is 2.17. The van der Waals surface area contributed by atoms with Crippen molar-refractivity contribution < 1.29 is 4.79 Å². The number of rotatable bonds is 2. The number of pyridine rings is 1. The van der Waals surface area contributed by atoms with Crippen LogP contribution in [0.25, 0.3) is 0 Å². The molecule has 0 spiro atoms. The number of anilines is 2. The summed E-state index contributed by atoms with van der Waals surface area (Å²) in [4.78, 5) is 17.6. The van der Waals surface area contributed by atoms with Crippen LogP contribution in [0.4, 0.5) is 11.5 Å². The van der Waals surface area contributed by atoms with E-state index in [0.29, 0.717) is 11.3 Å². The summed E-state index contributed by atoms with van der Waals surface area (Å²) in [6.07, 6.45) is 1.34. The fraction of sp³-hybridized carbons (Fsp3) is 0.0714. The van der Waals surface area contributed by atoms with Crippen LogP contribution in [0.5, 0.6) is 0 Å². The topological polar surface area (TPSA) is 83.0 Å². The molecule has 1 heterocycles. The number of halogens is 1. The zero-order valence-corrected chi connectivity index (χ0v) is 11.4. The first kappa shape index (κ1) is 13.8. The molecule has 0 atom stereocenters. The molecule has 0 saturated heterocycles. The molecule has 0 radical (unpaired) electrons. The molecule has 1 aromatic carbocycles. The van der Waals surface area contributed by atoms with Crippen molar-refractivity contribution >= 4 is 29.0 Å². The highest BCUT2D eigenvalue weighted by Crippen LogP contribution is 2.21. The third kappa shape index (κ3) is 2.71. The summed E-state index contributed by atoms with van der Waals surface area (Å²) in [5.41, 5.74) is 7.03. The molecular formula is C14H11ClN4O. The second-order valence-corrected chi connectivity index (χ2v) is 4.52. The van der Waals surface area contributed by atoms with Crippen LogP contribution >= 0.6 is 11.6 Å². The summed E-state index contributed by atoms with van der Waals surface area (Å²) in [7, 11) is 1.62. The summed E-state index contributed by atoms with van der Waals surface area (Å²) < 4.78 is 0. The molecule has 5 nitrogen and oxygen atoms in total. The number of nitrogens with zero attached hydrogens (tertiary/aromatic N) is 3. The van der Waals surface area contributed by atoms with Gasteiger partial charge in [0.1, 0.15) is 5.82 Å². The van der Waals surface area contributed by atoms with Crippen LogP contribution in [0.15, 0.2) is 36.5 Å². The molecule has 1 amide bonds. The van der Waals surface area contributed by atoms with Gasteiger partial charge in [0, 0.05) is 18.9 Å². The summed E-state index contributed by atoms with van der Waals surface area (Å²) in [6, 6.07) is 10.1. The van der Waals surface area contributed by atoms with Gasteiger partial charge in [-0.2, -0.15) is 5.26 Å². The monoisotopic (exact) mass is 286 g/mol. The van der Waals surface area contributed by atoms with Gasteiger partial charge in [0.25, 0.3) is 5.91 Å². The molecule has 0 unspecified atom stereocenters. The SMILES string of the molecule is CN(C(=O)c1cc(N)ncc1Cl)c1ccc(C#N)cc1. The minimum absolute atomic E-state index is 0.228. The Hall–Kier alpha value is -2.58. The number of benzene rings is 1. The molecule has 0 fully saturated rings. The molecule has 2 rings (SSSR count). The first-order valence-electron chi connectivity index (χ1n) is 5.72. The highest BCUT2D eigenvalue weighted by molar-refractivity contribution is 6.34. The van der Waals surface area contributed by atoms with Crippen LogP contribution in [0, 0.1) is 11.3 Å². The van der Waals surface area contributed by atoms with Crippen LogP contribution in [0.1, 0.15) is 15.9 Å². The molecule has 2 N–H and O–H groups in total. The fourth-order valence-corrected chi connectivity index (χ4v) is 1.86. The lowest BCUT2D eigenvalue weighted by Crippen LogP contribution is -2.26. The molecule has 1 aromatic heterocycles. The maximum absolute atomic E-state index is 12.4. The van der Waals surface area contributed by atoms with E-state index in [1.54, 1.807) is 31.3 Å². The number of aromatic nitrogens is 1. The van der Waals surface area contributed by atoms with Gasteiger partial charge in [-0.15, -0.1) is 0 Å². The molecule has 6 heteroatoms. The van der Waals surface area contributed by atoms with Gasteiger partial charge >= 0.3 is 0 Å². The van der Waals surface area contributed by atoms with Crippen LogP contribution < -0.4 is 10.6 Å². The number of nitrogen functional groups attached to an aromatic ring is 1. The van der Waals surface area contributed by atoms with E-state index >= 15 is 0 Å². The number of nitrogens with two attached hydrogens (primary N) is 1. The molecule has 0 saturated carbocycles. The number of hydrogen-bond donors (Lipinski definition) is 1. The van der Waals surface area contributed by atoms with Crippen LogP contribution in [-0.2, 0) is 0 Å². The molecule has 0 aliphatic heterocycles. The third-order valence-corrected chi connectivity index (χ3v) is 3.10. The first-order valence-corrected chi connectivity index (χ1v) is 6.10. The van der Waals surface area contributed by atoms with E-state index in [1.807, 2.05) is 6.07 Å². The van der Waals surface area contributed by atoms with E-state index in [9.17, 15) is 4.79 Å². The van der Waals surface area contributed by atoms with Gasteiger partial charge in [0.05, 0.1) is 22.2 Å². The van der Waals surface area contributed by atoms with Crippen molar-refractivity contribution in [3.05, 3.63) is 52.7 Å². The summed E-state index contributed by atoms with van der Waals surface area (Å²) in [6.45, 7) is 0. The Morgan fingerprint density at radius 3 is 2.65 bits per heavy atom. The maximum Gasteiger partial charge on any atom is 0.259 e. The smallest absolute Gasteiger partial charge is 0.259 e. The summed E-state index contributed by atoms with van der Waals surface area (Å²) >= 11 is 5.96. The molecule has 0 aliphatic rings. The second-order valence-electron chi connectivity index (χ2n) is 4.11. The molecule has 100 valence electrons. The zero-order valence-electron chi connectivity index (χ0n) is 10.7. The molecule has 0 bridgehead atoms. The number of hydrogen-bond acceptors (Lipinski definition) is 4. The van der Waals surface area contributed by atoms with Crippen molar-refractivity contribution in [3.63, 3.8) is 0 Å². The van der Waals surface area contributed by atoms with Crippen LogP contribution in [-0.4, -0.2) is 17.9 Å². The van der Waals surface area contributed by atoms with E-state index in [-0.39, 0.29) is 22.3 Å². The predicted molar refractivity (Wildman–Crippen MR) is 77.5 cm³/mol. The fourth-order valence-electron chi connectivity index (χ4n) is 1.68. The normalized spacial score (nSPS) is 9.85. The zero-order chi connectivity index (χ0) is 14.7. The standard InChI is InChI=1S/C14H11ClN4O/c1-19(10-4-2-9(7-16)3-5-10)14(20)11-6-13(17)18-8-12(11)15/h2-6,8H,1H3,(H2,17,18). The van der Waals surface area contributed by atoms with Gasteiger partial charge in [0.15, 0.2) is 0 Å². The Bertz CT molecular complexity index is 691. The summed E-state index contributed by atoms with van der Waals surface area (Å²) in [5.74, 6) is -0.0696. The second kappa shape index (κ2) is 5.59. The van der Waals surface area contributed by atoms with Crippen molar-refractivity contribution in [2.24, 2.45) is 0 Å². The predicted octanol–water partition coefficient (Wildman–Crippen LogP) is 2.47. The van der Waals surface area contributed by atoms with E-state index in [2.05, 4.69) is 4.98 Å². The minimum atomic E-state index is -0.297. The minimum Gasteiger partial charge on any atom is -0.384 e. The van der Waals surface area contributed by atoms with Gasteiger partial charge < -0.3 is 10.6 Å². The highest BCUT2D eigenvalue weighted by atomic mass is 35.5. The lowest BCUT2D eigenvalue weighted by molar-refractivity contribution is 0.0993. The van der Waals surface area contributed by atoms with Crippen LogP contribution in [0.3, 0.4) is 0 Å². The van der Waals surface area contributed by atoms with Gasteiger partial charge in [-0.1, -0.05) is 11.6 Å². The Labute approximate surface area is 121 Å². The van der Waals surface area contributed by atoms with Crippen molar-refractivity contribution in [2.45, 2.75) is 0 Å². The van der Waals surface area contributed by atoms with E-state index in [4.69, 9.17) is 22.6 Å². The molecular weight excluding hydrogens is 276 g/mol. The average molecular weight is 287 g/mol. The van der Waals surface area contributed by atoms with Crippen molar-refractivity contribution in [1.82, 2.24) is 4.98 Å². The Kier molecular flexibility index (Phi) is 3.87. The molecule has 0 aliphatic carbocycles. The number of amides is 1. The largest absolute Gasteiger partial charge is 0.384 e. The summed E-state index contributed by atoms with van der Waals surface area (Å²) in [5, 5.41) is 8.99. The van der Waals surface area contributed by atoms with Crippen molar-refractivity contribution in [3.8, 4) is 6.07 Å². The number of carbonyl (C=O) groups excluding carboxylic acids is 1. The van der Waals surface area contributed by atoms with E-state index in [1.165, 1.54) is 17.2 Å². The first-order chi connectivity index (χ1) is 9.52. The van der Waals surface area contributed by atoms with Crippen molar-refractivity contribution in [1.29, 1.82) is 5.26 Å². The Morgan fingerprint density at radius 1 is 1.40 bits per heavy atom. The Morgan fingerprint density at radius 2 is 2.05 bits per heavy atom. The van der Waals surface area contributed by atoms with E-state index in [0.717, 1.165) is 0 Å². The number of carbonyl (C=O) groups is 1. The molecule has 20 heavy (non-hydrogen) atoms. The quantitative estimate of drug-likeness (QED) is 0.919. The maximum atomic E-state index is 12.4. The van der Waals surface area contributed by atoms with Crippen LogP contribution in [0.2, 0.25) is 5.02 Å². The molecule has 2 aromatic rings. The third-order valence-electron chi connectivity index (χ3n) is 2.80.